The molecule has 0 aliphatic carbocycles. The molecule has 0 aliphatic rings. The fourth-order valence-corrected chi connectivity index (χ4v) is 1.67. The van der Waals surface area contributed by atoms with Crippen molar-refractivity contribution in [2.75, 3.05) is 18.0 Å². The second kappa shape index (κ2) is 5.03. The molecule has 0 bridgehead atoms. The van der Waals surface area contributed by atoms with E-state index in [1.807, 2.05) is 6.07 Å². The third-order valence-electron chi connectivity index (χ3n) is 2.59. The minimum Gasteiger partial charge on any atom is -0.507 e. The van der Waals surface area contributed by atoms with Crippen LogP contribution in [0.15, 0.2) is 18.2 Å². The molecule has 0 aliphatic heterocycles. The van der Waals surface area contributed by atoms with Gasteiger partial charge in [-0.2, -0.15) is 0 Å². The highest BCUT2D eigenvalue weighted by molar-refractivity contribution is 5.53. The van der Waals surface area contributed by atoms with Gasteiger partial charge in [-0.3, -0.25) is 0 Å². The van der Waals surface area contributed by atoms with E-state index in [1.54, 1.807) is 19.1 Å². The number of phenols is 1. The molecular weight excluding hydrogens is 190 g/mol. The molecular formula is C12H19NO2. The first-order valence-electron chi connectivity index (χ1n) is 5.36. The van der Waals surface area contributed by atoms with Gasteiger partial charge in [0.15, 0.2) is 0 Å². The maximum atomic E-state index is 9.72. The van der Waals surface area contributed by atoms with E-state index in [0.29, 0.717) is 5.56 Å². The first kappa shape index (κ1) is 11.9. The summed E-state index contributed by atoms with van der Waals surface area (Å²) >= 11 is 0. The summed E-state index contributed by atoms with van der Waals surface area (Å²) in [5.41, 5.74) is 1.56. The standard InChI is InChI=1S/C12H19NO2/c1-4-13(5-2)10-6-7-11(9(3)14)12(15)8-10/h6-9,14-15H,4-5H2,1-3H3/t9-/m1/s1. The summed E-state index contributed by atoms with van der Waals surface area (Å²) in [6, 6.07) is 5.40. The van der Waals surface area contributed by atoms with E-state index in [2.05, 4.69) is 18.7 Å². The normalized spacial score (nSPS) is 12.5. The van der Waals surface area contributed by atoms with E-state index in [9.17, 15) is 10.2 Å². The average Bonchev–Trinajstić information content (AvgIpc) is 2.19. The fourth-order valence-electron chi connectivity index (χ4n) is 1.67. The lowest BCUT2D eigenvalue weighted by molar-refractivity contribution is 0.195. The lowest BCUT2D eigenvalue weighted by Gasteiger charge is -2.22. The van der Waals surface area contributed by atoms with Gasteiger partial charge in [-0.05, 0) is 26.8 Å². The monoisotopic (exact) mass is 209 g/mol. The Balaban J connectivity index is 3.00. The Labute approximate surface area is 91.0 Å². The van der Waals surface area contributed by atoms with Crippen molar-refractivity contribution in [3.63, 3.8) is 0 Å². The van der Waals surface area contributed by atoms with Crippen LogP contribution in [0.5, 0.6) is 5.75 Å². The molecule has 3 nitrogen and oxygen atoms in total. The lowest BCUT2D eigenvalue weighted by atomic mass is 10.1. The summed E-state index contributed by atoms with van der Waals surface area (Å²) in [5.74, 6) is 0.161. The van der Waals surface area contributed by atoms with E-state index < -0.39 is 6.10 Å². The molecule has 0 radical (unpaired) electrons. The Hall–Kier alpha value is -1.22. The van der Waals surface area contributed by atoms with Gasteiger partial charge >= 0.3 is 0 Å². The summed E-state index contributed by atoms with van der Waals surface area (Å²) in [4.78, 5) is 2.14. The van der Waals surface area contributed by atoms with Gasteiger partial charge in [-0.1, -0.05) is 6.07 Å². The second-order valence-corrected chi connectivity index (χ2v) is 3.59. The van der Waals surface area contributed by atoms with Crippen molar-refractivity contribution >= 4 is 5.69 Å². The van der Waals surface area contributed by atoms with Crippen LogP contribution < -0.4 is 4.90 Å². The lowest BCUT2D eigenvalue weighted by Crippen LogP contribution is -2.21. The minimum atomic E-state index is -0.629. The summed E-state index contributed by atoms with van der Waals surface area (Å²) in [6.07, 6.45) is -0.629. The van der Waals surface area contributed by atoms with Crippen LogP contribution in [0.3, 0.4) is 0 Å². The molecule has 1 aromatic rings. The van der Waals surface area contributed by atoms with Crippen LogP contribution in [-0.2, 0) is 0 Å². The maximum Gasteiger partial charge on any atom is 0.123 e. The third kappa shape index (κ3) is 2.63. The Morgan fingerprint density at radius 2 is 1.87 bits per heavy atom. The first-order valence-corrected chi connectivity index (χ1v) is 5.36. The quantitative estimate of drug-likeness (QED) is 0.799. The van der Waals surface area contributed by atoms with Gasteiger partial charge in [-0.25, -0.2) is 0 Å². The van der Waals surface area contributed by atoms with Crippen LogP contribution in [0.4, 0.5) is 5.69 Å². The average molecular weight is 209 g/mol. The Morgan fingerprint density at radius 1 is 1.27 bits per heavy atom. The highest BCUT2D eigenvalue weighted by Crippen LogP contribution is 2.28. The van der Waals surface area contributed by atoms with Crippen LogP contribution in [0.25, 0.3) is 0 Å². The summed E-state index contributed by atoms with van der Waals surface area (Å²) in [7, 11) is 0. The van der Waals surface area contributed by atoms with Gasteiger partial charge < -0.3 is 15.1 Å². The van der Waals surface area contributed by atoms with E-state index in [-0.39, 0.29) is 5.75 Å². The molecule has 1 atom stereocenters. The molecule has 0 aromatic heterocycles. The van der Waals surface area contributed by atoms with E-state index in [1.165, 1.54) is 0 Å². The second-order valence-electron chi connectivity index (χ2n) is 3.59. The smallest absolute Gasteiger partial charge is 0.123 e. The molecule has 0 fully saturated rings. The molecule has 84 valence electrons. The SMILES string of the molecule is CCN(CC)c1ccc([C@@H](C)O)c(O)c1. The molecule has 2 N–H and O–H groups in total. The van der Waals surface area contributed by atoms with Crippen molar-refractivity contribution in [1.82, 2.24) is 0 Å². The molecule has 0 heterocycles. The number of hydrogen-bond acceptors (Lipinski definition) is 3. The topological polar surface area (TPSA) is 43.7 Å². The number of anilines is 1. The number of hydrogen-bond donors (Lipinski definition) is 2. The van der Waals surface area contributed by atoms with Crippen molar-refractivity contribution < 1.29 is 10.2 Å². The van der Waals surface area contributed by atoms with Crippen LogP contribution in [0.2, 0.25) is 0 Å². The largest absolute Gasteiger partial charge is 0.507 e. The van der Waals surface area contributed by atoms with Crippen molar-refractivity contribution in [3.05, 3.63) is 23.8 Å². The summed E-state index contributed by atoms with van der Waals surface area (Å²) < 4.78 is 0. The van der Waals surface area contributed by atoms with Crippen molar-refractivity contribution in [1.29, 1.82) is 0 Å². The zero-order valence-corrected chi connectivity index (χ0v) is 9.57. The van der Waals surface area contributed by atoms with Crippen LogP contribution in [0, 0.1) is 0 Å². The van der Waals surface area contributed by atoms with Gasteiger partial charge in [0.25, 0.3) is 0 Å². The molecule has 1 aromatic carbocycles. The first-order chi connectivity index (χ1) is 7.10. The number of benzene rings is 1. The fraction of sp³-hybridized carbons (Fsp3) is 0.500. The minimum absolute atomic E-state index is 0.161. The molecule has 0 saturated carbocycles. The van der Waals surface area contributed by atoms with Crippen molar-refractivity contribution in [3.8, 4) is 5.75 Å². The van der Waals surface area contributed by atoms with Crippen molar-refractivity contribution in [2.45, 2.75) is 26.9 Å². The summed E-state index contributed by atoms with van der Waals surface area (Å²) in [6.45, 7) is 7.60. The van der Waals surface area contributed by atoms with E-state index in [0.717, 1.165) is 18.8 Å². The molecule has 15 heavy (non-hydrogen) atoms. The van der Waals surface area contributed by atoms with Crippen LogP contribution in [0.1, 0.15) is 32.4 Å². The molecule has 0 spiro atoms. The number of aliphatic hydroxyl groups excluding tert-OH is 1. The summed E-state index contributed by atoms with van der Waals surface area (Å²) in [5, 5.41) is 19.1. The van der Waals surface area contributed by atoms with Gasteiger partial charge in [0.1, 0.15) is 5.75 Å². The molecule has 3 heteroatoms. The molecule has 0 unspecified atom stereocenters. The predicted octanol–water partition coefficient (Wildman–Crippen LogP) is 2.29. The number of phenolic OH excluding ortho intramolecular Hbond substituents is 1. The van der Waals surface area contributed by atoms with Gasteiger partial charge in [0.2, 0.25) is 0 Å². The Morgan fingerprint density at radius 3 is 2.27 bits per heavy atom. The Kier molecular flexibility index (Phi) is 3.97. The number of aliphatic hydroxyl groups is 1. The van der Waals surface area contributed by atoms with Gasteiger partial charge in [0, 0.05) is 30.4 Å². The van der Waals surface area contributed by atoms with Gasteiger partial charge in [-0.15, -0.1) is 0 Å². The zero-order valence-electron chi connectivity index (χ0n) is 9.57. The van der Waals surface area contributed by atoms with Crippen LogP contribution in [-0.4, -0.2) is 23.3 Å². The number of rotatable bonds is 4. The number of nitrogens with zero attached hydrogens (tertiary/aromatic N) is 1. The predicted molar refractivity (Wildman–Crippen MR) is 62.3 cm³/mol. The highest BCUT2D eigenvalue weighted by atomic mass is 16.3. The van der Waals surface area contributed by atoms with E-state index in [4.69, 9.17) is 0 Å². The molecule has 0 saturated heterocycles. The van der Waals surface area contributed by atoms with E-state index >= 15 is 0 Å². The Bertz CT molecular complexity index is 319. The molecule has 1 rings (SSSR count). The third-order valence-corrected chi connectivity index (χ3v) is 2.59. The zero-order chi connectivity index (χ0) is 11.4. The van der Waals surface area contributed by atoms with Gasteiger partial charge in [0.05, 0.1) is 6.10 Å². The van der Waals surface area contributed by atoms with Crippen LogP contribution >= 0.6 is 0 Å². The maximum absolute atomic E-state index is 9.72. The molecule has 0 amide bonds. The highest BCUT2D eigenvalue weighted by Gasteiger charge is 2.09. The van der Waals surface area contributed by atoms with Crippen molar-refractivity contribution in [2.24, 2.45) is 0 Å². The number of aromatic hydroxyl groups is 1.